The summed E-state index contributed by atoms with van der Waals surface area (Å²) in [5.41, 5.74) is 3.18. The number of benzene rings is 2. The smallest absolute Gasteiger partial charge is 0.343 e. The maximum Gasteiger partial charge on any atom is 0.343 e. The molecule has 3 heterocycles. The van der Waals surface area contributed by atoms with E-state index in [1.54, 1.807) is 24.3 Å². The maximum absolute atomic E-state index is 12.4. The van der Waals surface area contributed by atoms with Crippen LogP contribution in [0, 0.1) is 0 Å². The number of carboxylic acid groups (broad SMARTS) is 1. The normalized spacial score (nSPS) is 14.9. The van der Waals surface area contributed by atoms with Gasteiger partial charge < -0.3 is 15.4 Å². The number of thioether (sulfide) groups is 1. The van der Waals surface area contributed by atoms with E-state index < -0.39 is 11.9 Å². The molecule has 0 atom stereocenters. The third-order valence-electron chi connectivity index (χ3n) is 4.39. The molecular weight excluding hydrogens is 378 g/mol. The van der Waals surface area contributed by atoms with Crippen molar-refractivity contribution in [1.82, 2.24) is 20.2 Å². The minimum Gasteiger partial charge on any atom is -0.477 e. The van der Waals surface area contributed by atoms with Crippen molar-refractivity contribution in [2.24, 2.45) is 0 Å². The topological polar surface area (TPSA) is 121 Å². The van der Waals surface area contributed by atoms with Crippen LogP contribution in [-0.2, 0) is 9.59 Å². The van der Waals surface area contributed by atoms with Crippen molar-refractivity contribution in [3.63, 3.8) is 0 Å². The highest BCUT2D eigenvalue weighted by molar-refractivity contribution is 8.04. The molecule has 3 N–H and O–H groups in total. The molecule has 2 aromatic carbocycles. The van der Waals surface area contributed by atoms with Crippen molar-refractivity contribution < 1.29 is 14.7 Å². The molecule has 0 bridgehead atoms. The van der Waals surface area contributed by atoms with Gasteiger partial charge in [-0.3, -0.25) is 4.79 Å². The molecule has 0 radical (unpaired) electrons. The predicted molar refractivity (Wildman–Crippen MR) is 105 cm³/mol. The number of aliphatic carboxylic acids is 1. The van der Waals surface area contributed by atoms with Crippen LogP contribution in [0.15, 0.2) is 58.6 Å². The van der Waals surface area contributed by atoms with E-state index in [9.17, 15) is 14.7 Å². The number of aromatic amines is 1. The number of hydrogen-bond acceptors (Lipinski definition) is 6. The number of carbonyl (C=O) groups excluding carboxylic acids is 1. The first-order valence-corrected chi connectivity index (χ1v) is 9.11. The van der Waals surface area contributed by atoms with E-state index in [0.717, 1.165) is 22.7 Å². The largest absolute Gasteiger partial charge is 0.477 e. The second-order valence-corrected chi connectivity index (χ2v) is 7.05. The van der Waals surface area contributed by atoms with Gasteiger partial charge in [-0.25, -0.2) is 9.78 Å². The number of nitrogens with zero attached hydrogens (tertiary/aromatic N) is 3. The fraction of sp³-hybridized carbons (Fsp3) is 0. The van der Waals surface area contributed by atoms with Gasteiger partial charge in [-0.15, -0.1) is 10.2 Å². The number of para-hydroxylation sites is 2. The molecule has 9 heteroatoms. The van der Waals surface area contributed by atoms with E-state index in [4.69, 9.17) is 0 Å². The molecule has 0 unspecified atom stereocenters. The van der Waals surface area contributed by atoms with Crippen LogP contribution in [0.1, 0.15) is 5.56 Å². The molecule has 0 saturated heterocycles. The van der Waals surface area contributed by atoms with E-state index in [-0.39, 0.29) is 15.6 Å². The minimum absolute atomic E-state index is 0.0912. The number of anilines is 1. The lowest BCUT2D eigenvalue weighted by Gasteiger charge is -2.05. The summed E-state index contributed by atoms with van der Waals surface area (Å²) in [6.45, 7) is 0. The Morgan fingerprint density at radius 3 is 2.68 bits per heavy atom. The monoisotopic (exact) mass is 389 g/mol. The third kappa shape index (κ3) is 2.52. The zero-order valence-electron chi connectivity index (χ0n) is 14.1. The van der Waals surface area contributed by atoms with Crippen molar-refractivity contribution in [2.75, 3.05) is 5.32 Å². The van der Waals surface area contributed by atoms with Crippen molar-refractivity contribution in [3.8, 4) is 0 Å². The van der Waals surface area contributed by atoms with Crippen molar-refractivity contribution in [1.29, 1.82) is 0 Å². The number of nitrogens with one attached hydrogen (secondary N) is 2. The molecule has 8 nitrogen and oxygen atoms in total. The summed E-state index contributed by atoms with van der Waals surface area (Å²) in [7, 11) is 0. The fourth-order valence-electron chi connectivity index (χ4n) is 3.18. The van der Waals surface area contributed by atoms with Gasteiger partial charge in [0, 0.05) is 22.2 Å². The molecule has 0 saturated carbocycles. The third-order valence-corrected chi connectivity index (χ3v) is 5.33. The number of H-pyrrole nitrogens is 1. The number of carboxylic acids is 1. The second kappa shape index (κ2) is 6.17. The van der Waals surface area contributed by atoms with Gasteiger partial charge in [0.1, 0.15) is 10.4 Å². The zero-order valence-corrected chi connectivity index (χ0v) is 14.9. The number of amides is 1. The molecule has 2 aromatic heterocycles. The summed E-state index contributed by atoms with van der Waals surface area (Å²) in [5.74, 6) is -1.70. The Morgan fingerprint density at radius 2 is 1.82 bits per heavy atom. The van der Waals surface area contributed by atoms with Gasteiger partial charge in [0.2, 0.25) is 5.16 Å². The second-order valence-electron chi connectivity index (χ2n) is 6.07. The quantitative estimate of drug-likeness (QED) is 0.364. The van der Waals surface area contributed by atoms with Crippen molar-refractivity contribution >= 4 is 57.0 Å². The van der Waals surface area contributed by atoms with E-state index >= 15 is 0 Å². The first-order valence-electron chi connectivity index (χ1n) is 8.29. The molecule has 5 rings (SSSR count). The average Bonchev–Trinajstić information content (AvgIpc) is 3.22. The van der Waals surface area contributed by atoms with Gasteiger partial charge in [-0.05, 0) is 23.9 Å². The Bertz CT molecular complexity index is 1330. The van der Waals surface area contributed by atoms with Crippen LogP contribution < -0.4 is 5.32 Å². The molecule has 28 heavy (non-hydrogen) atoms. The molecule has 136 valence electrons. The molecule has 0 aliphatic carbocycles. The molecule has 0 spiro atoms. The predicted octanol–water partition coefficient (Wildman–Crippen LogP) is 3.05. The lowest BCUT2D eigenvalue weighted by Crippen LogP contribution is -2.10. The first kappa shape index (κ1) is 16.5. The number of aromatic nitrogens is 4. The van der Waals surface area contributed by atoms with Crippen LogP contribution in [0.4, 0.5) is 5.69 Å². The Morgan fingerprint density at radius 1 is 1.04 bits per heavy atom. The Balaban J connectivity index is 1.62. The molecular formula is C19H11N5O3S. The Kier molecular flexibility index (Phi) is 3.63. The minimum atomic E-state index is -1.23. The number of hydrogen-bond donors (Lipinski definition) is 3. The Labute approximate surface area is 161 Å². The Hall–Kier alpha value is -3.72. The lowest BCUT2D eigenvalue weighted by atomic mass is 10.1. The fourth-order valence-corrected chi connectivity index (χ4v) is 3.98. The van der Waals surface area contributed by atoms with E-state index in [1.807, 2.05) is 24.3 Å². The standard InChI is InChI=1S/C19H11N5O3S/c25-17-13(9-5-1-3-7-11(9)21-17)15(18(26)27)28-19-22-16-14(23-24-19)10-6-2-4-8-12(10)20-16/h1-8H,(H,21,25)(H,26,27)(H,20,22,24). The molecule has 0 fully saturated rings. The maximum atomic E-state index is 12.4. The van der Waals surface area contributed by atoms with Crippen LogP contribution in [0.25, 0.3) is 27.6 Å². The summed E-state index contributed by atoms with van der Waals surface area (Å²) in [6.07, 6.45) is 0. The highest BCUT2D eigenvalue weighted by atomic mass is 32.2. The van der Waals surface area contributed by atoms with Crippen LogP contribution in [0.5, 0.6) is 0 Å². The summed E-state index contributed by atoms with van der Waals surface area (Å²) < 4.78 is 0. The molecule has 1 amide bonds. The van der Waals surface area contributed by atoms with Gasteiger partial charge in [-0.1, -0.05) is 36.4 Å². The zero-order chi connectivity index (χ0) is 19.3. The first-order chi connectivity index (χ1) is 13.6. The van der Waals surface area contributed by atoms with Gasteiger partial charge in [0.25, 0.3) is 5.91 Å². The molecule has 4 aromatic rings. The van der Waals surface area contributed by atoms with Crippen molar-refractivity contribution in [3.05, 3.63) is 59.0 Å². The van der Waals surface area contributed by atoms with Gasteiger partial charge in [0.15, 0.2) is 5.65 Å². The van der Waals surface area contributed by atoms with Crippen molar-refractivity contribution in [2.45, 2.75) is 5.16 Å². The summed E-state index contributed by atoms with van der Waals surface area (Å²) >= 11 is 0.801. The SMILES string of the molecule is O=C(O)C(Sc1nnc2c(n1)[nH]c1ccccc12)=C1C(=O)Nc2ccccc21. The molecule has 1 aliphatic rings. The number of rotatable bonds is 3. The van der Waals surface area contributed by atoms with Crippen LogP contribution >= 0.6 is 11.8 Å². The highest BCUT2D eigenvalue weighted by Gasteiger charge is 2.31. The summed E-state index contributed by atoms with van der Waals surface area (Å²) in [5, 5.41) is 21.7. The van der Waals surface area contributed by atoms with Crippen LogP contribution in [0.3, 0.4) is 0 Å². The summed E-state index contributed by atoms with van der Waals surface area (Å²) in [4.78, 5) is 31.7. The van der Waals surface area contributed by atoms with Gasteiger partial charge >= 0.3 is 5.97 Å². The average molecular weight is 389 g/mol. The highest BCUT2D eigenvalue weighted by Crippen LogP contribution is 2.39. The summed E-state index contributed by atoms with van der Waals surface area (Å²) in [6, 6.07) is 14.5. The molecule has 1 aliphatic heterocycles. The van der Waals surface area contributed by atoms with E-state index in [0.29, 0.717) is 22.4 Å². The van der Waals surface area contributed by atoms with Gasteiger partial charge in [-0.2, -0.15) is 0 Å². The van der Waals surface area contributed by atoms with Crippen LogP contribution in [0.2, 0.25) is 0 Å². The van der Waals surface area contributed by atoms with Crippen LogP contribution in [-0.4, -0.2) is 37.1 Å². The van der Waals surface area contributed by atoms with E-state index in [2.05, 4.69) is 25.5 Å². The van der Waals surface area contributed by atoms with E-state index in [1.165, 1.54) is 0 Å². The lowest BCUT2D eigenvalue weighted by molar-refractivity contribution is -0.131. The number of fused-ring (bicyclic) bond motifs is 4. The number of carbonyl (C=O) groups is 2. The van der Waals surface area contributed by atoms with Gasteiger partial charge in [0.05, 0.1) is 5.57 Å².